The van der Waals surface area contributed by atoms with E-state index in [1.54, 1.807) is 33.6 Å². The van der Waals surface area contributed by atoms with Gasteiger partial charge in [0.05, 0.1) is 10.2 Å². The summed E-state index contributed by atoms with van der Waals surface area (Å²) >= 11 is 1.14. The average molecular weight is 460 g/mol. The minimum absolute atomic E-state index is 0.0775. The predicted octanol–water partition coefficient (Wildman–Crippen LogP) is 4.50. The van der Waals surface area contributed by atoms with E-state index in [1.165, 1.54) is 0 Å². The number of benzene rings is 1. The molecule has 1 unspecified atom stereocenters. The van der Waals surface area contributed by atoms with E-state index in [0.717, 1.165) is 53.5 Å². The van der Waals surface area contributed by atoms with Crippen molar-refractivity contribution >= 4 is 35.4 Å². The van der Waals surface area contributed by atoms with Gasteiger partial charge in [0, 0.05) is 33.0 Å². The monoisotopic (exact) mass is 459 g/mol. The first-order chi connectivity index (χ1) is 14.8. The molecule has 0 N–H and O–H groups in total. The third kappa shape index (κ3) is 5.23. The van der Waals surface area contributed by atoms with Crippen LogP contribution < -0.4 is 4.87 Å². The highest BCUT2D eigenvalue weighted by atomic mass is 32.1. The first-order valence-electron chi connectivity index (χ1n) is 10.7. The number of aromatic nitrogens is 3. The van der Waals surface area contributed by atoms with Gasteiger partial charge in [0.15, 0.2) is 0 Å². The summed E-state index contributed by atoms with van der Waals surface area (Å²) in [6, 6.07) is 8.14. The van der Waals surface area contributed by atoms with Crippen LogP contribution >= 0.6 is 11.3 Å². The Morgan fingerprint density at radius 2 is 2.13 bits per heavy atom. The third-order valence-corrected chi connectivity index (χ3v) is 8.08. The first kappa shape index (κ1) is 22.1. The van der Waals surface area contributed by atoms with Gasteiger partial charge in [0.25, 0.3) is 0 Å². The SMILES string of the molecule is C[Si](C)(C)CCOCn1c(=O)sc2cc(C(=O)c3ccn(C4CCCCO4)n3)ccc21. The molecule has 0 spiro atoms. The molecular weight excluding hydrogens is 430 g/mol. The lowest BCUT2D eigenvalue weighted by atomic mass is 10.1. The lowest BCUT2D eigenvalue weighted by molar-refractivity contribution is -0.0395. The molecule has 1 aromatic carbocycles. The van der Waals surface area contributed by atoms with E-state index in [-0.39, 0.29) is 23.6 Å². The zero-order valence-electron chi connectivity index (χ0n) is 18.3. The van der Waals surface area contributed by atoms with Gasteiger partial charge in [-0.05, 0) is 49.6 Å². The van der Waals surface area contributed by atoms with Gasteiger partial charge in [-0.25, -0.2) is 4.68 Å². The molecule has 1 aliphatic rings. The maximum atomic E-state index is 13.0. The number of carbonyl (C=O) groups excluding carboxylic acids is 1. The molecule has 166 valence electrons. The molecule has 0 saturated carbocycles. The van der Waals surface area contributed by atoms with Crippen molar-refractivity contribution in [2.45, 2.75) is 57.9 Å². The molecule has 0 amide bonds. The number of carbonyl (C=O) groups is 1. The van der Waals surface area contributed by atoms with Crippen molar-refractivity contribution in [3.8, 4) is 0 Å². The van der Waals surface area contributed by atoms with Crippen LogP contribution in [0.2, 0.25) is 25.7 Å². The topological polar surface area (TPSA) is 75.3 Å². The highest BCUT2D eigenvalue weighted by Gasteiger charge is 2.20. The Morgan fingerprint density at radius 1 is 1.29 bits per heavy atom. The number of ether oxygens (including phenoxy) is 2. The Hall–Kier alpha value is -2.07. The number of hydrogen-bond donors (Lipinski definition) is 0. The second kappa shape index (κ2) is 9.19. The molecule has 3 heterocycles. The molecule has 1 fully saturated rings. The van der Waals surface area contributed by atoms with Gasteiger partial charge in [-0.2, -0.15) is 5.10 Å². The van der Waals surface area contributed by atoms with Crippen molar-refractivity contribution in [2.75, 3.05) is 13.2 Å². The van der Waals surface area contributed by atoms with Gasteiger partial charge in [0.2, 0.25) is 5.78 Å². The fourth-order valence-electron chi connectivity index (χ4n) is 3.56. The lowest BCUT2D eigenvalue weighted by Gasteiger charge is -2.22. The minimum atomic E-state index is -1.17. The highest BCUT2D eigenvalue weighted by molar-refractivity contribution is 7.16. The number of fused-ring (bicyclic) bond motifs is 1. The molecule has 3 aromatic rings. The molecule has 31 heavy (non-hydrogen) atoms. The molecule has 1 atom stereocenters. The van der Waals surface area contributed by atoms with Gasteiger partial charge < -0.3 is 9.47 Å². The van der Waals surface area contributed by atoms with E-state index < -0.39 is 8.07 Å². The highest BCUT2D eigenvalue weighted by Crippen LogP contribution is 2.24. The second-order valence-corrected chi connectivity index (χ2v) is 15.8. The molecule has 0 bridgehead atoms. The summed E-state index contributed by atoms with van der Waals surface area (Å²) in [5.41, 5.74) is 1.70. The largest absolute Gasteiger partial charge is 0.361 e. The summed E-state index contributed by atoms with van der Waals surface area (Å²) < 4.78 is 15.6. The Kier molecular flexibility index (Phi) is 6.56. The average Bonchev–Trinajstić information content (AvgIpc) is 3.35. The molecule has 4 rings (SSSR count). The molecule has 7 nitrogen and oxygen atoms in total. The van der Waals surface area contributed by atoms with E-state index in [4.69, 9.17) is 9.47 Å². The standard InChI is InChI=1S/C22H29N3O4SSi/c1-31(2,3)13-12-28-15-24-18-8-7-16(14-19(18)30-22(24)27)21(26)17-9-10-25(23-17)20-6-4-5-11-29-20/h7-10,14,20H,4-6,11-13,15H2,1-3H3. The van der Waals surface area contributed by atoms with Crippen LogP contribution in [0.1, 0.15) is 41.5 Å². The Balaban J connectivity index is 1.48. The van der Waals surface area contributed by atoms with E-state index in [1.807, 2.05) is 6.07 Å². The smallest absolute Gasteiger partial charge is 0.310 e. The van der Waals surface area contributed by atoms with Gasteiger partial charge in [0.1, 0.15) is 18.7 Å². The zero-order chi connectivity index (χ0) is 22.0. The maximum absolute atomic E-state index is 13.0. The molecule has 0 aliphatic carbocycles. The zero-order valence-corrected chi connectivity index (χ0v) is 20.1. The van der Waals surface area contributed by atoms with Crippen LogP contribution in [0.3, 0.4) is 0 Å². The summed E-state index contributed by atoms with van der Waals surface area (Å²) in [5, 5.41) is 4.44. The number of hydrogen-bond acceptors (Lipinski definition) is 6. The minimum Gasteiger partial charge on any atom is -0.361 e. The van der Waals surface area contributed by atoms with E-state index in [9.17, 15) is 9.59 Å². The Bertz CT molecular complexity index is 1120. The lowest BCUT2D eigenvalue weighted by Crippen LogP contribution is -2.23. The second-order valence-electron chi connectivity index (χ2n) is 9.16. The van der Waals surface area contributed by atoms with Crippen molar-refractivity contribution in [1.29, 1.82) is 0 Å². The van der Waals surface area contributed by atoms with Crippen LogP contribution in [0.4, 0.5) is 0 Å². The van der Waals surface area contributed by atoms with Crippen LogP contribution in [0, 0.1) is 0 Å². The van der Waals surface area contributed by atoms with Gasteiger partial charge >= 0.3 is 4.87 Å². The van der Waals surface area contributed by atoms with Crippen molar-refractivity contribution in [1.82, 2.24) is 14.3 Å². The summed E-state index contributed by atoms with van der Waals surface area (Å²) in [4.78, 5) is 25.3. The van der Waals surface area contributed by atoms with Crippen molar-refractivity contribution < 1.29 is 14.3 Å². The molecule has 9 heteroatoms. The molecule has 2 aromatic heterocycles. The van der Waals surface area contributed by atoms with Gasteiger partial charge in [-0.1, -0.05) is 31.0 Å². The number of nitrogens with zero attached hydrogens (tertiary/aromatic N) is 3. The number of ketones is 1. The van der Waals surface area contributed by atoms with Crippen LogP contribution in [-0.4, -0.2) is 41.4 Å². The van der Waals surface area contributed by atoms with Crippen molar-refractivity contribution in [2.24, 2.45) is 0 Å². The Labute approximate surface area is 186 Å². The van der Waals surface area contributed by atoms with Crippen LogP contribution in [-0.2, 0) is 16.2 Å². The fraction of sp³-hybridized carbons (Fsp3) is 0.500. The fourth-order valence-corrected chi connectivity index (χ4v) is 5.24. The molecule has 0 radical (unpaired) electrons. The summed E-state index contributed by atoms with van der Waals surface area (Å²) in [7, 11) is -1.17. The quantitative estimate of drug-likeness (QED) is 0.282. The van der Waals surface area contributed by atoms with E-state index in [0.29, 0.717) is 17.9 Å². The molecule has 1 saturated heterocycles. The first-order valence-corrected chi connectivity index (χ1v) is 15.3. The predicted molar refractivity (Wildman–Crippen MR) is 125 cm³/mol. The molecule has 1 aliphatic heterocycles. The molecular formula is C22H29N3O4SSi. The van der Waals surface area contributed by atoms with Crippen molar-refractivity contribution in [3.05, 3.63) is 51.4 Å². The summed E-state index contributed by atoms with van der Waals surface area (Å²) in [6.07, 6.45) is 4.77. The maximum Gasteiger partial charge on any atom is 0.310 e. The summed E-state index contributed by atoms with van der Waals surface area (Å²) in [6.45, 7) is 8.51. The third-order valence-electron chi connectivity index (χ3n) is 5.44. The van der Waals surface area contributed by atoms with E-state index in [2.05, 4.69) is 24.7 Å². The van der Waals surface area contributed by atoms with Gasteiger partial charge in [-0.15, -0.1) is 0 Å². The van der Waals surface area contributed by atoms with E-state index >= 15 is 0 Å². The van der Waals surface area contributed by atoms with Gasteiger partial charge in [-0.3, -0.25) is 14.2 Å². The summed E-state index contributed by atoms with van der Waals surface area (Å²) in [5.74, 6) is -0.157. The number of thiazole rings is 1. The van der Waals surface area contributed by atoms with Crippen LogP contribution in [0.5, 0.6) is 0 Å². The van der Waals surface area contributed by atoms with Crippen LogP contribution in [0.15, 0.2) is 35.3 Å². The van der Waals surface area contributed by atoms with Crippen LogP contribution in [0.25, 0.3) is 10.2 Å². The number of rotatable bonds is 8. The van der Waals surface area contributed by atoms with Crippen molar-refractivity contribution in [3.63, 3.8) is 0 Å². The normalized spacial score (nSPS) is 17.3. The Morgan fingerprint density at radius 3 is 2.87 bits per heavy atom.